The van der Waals surface area contributed by atoms with Crippen LogP contribution in [-0.2, 0) is 16.0 Å². The SMILES string of the molecule is CC(C)(C)OC(=O)N1CCCC1(CCO)C(=O)NC1CCc2ccc(O[Si](c3ccccc3)(c3ccccc3)C(C)(C)C)cc21. The molecule has 1 aliphatic carbocycles. The molecule has 8 heteroatoms. The lowest BCUT2D eigenvalue weighted by molar-refractivity contribution is -0.133. The van der Waals surface area contributed by atoms with Crippen LogP contribution in [0.4, 0.5) is 4.79 Å². The maximum Gasteiger partial charge on any atom is 0.411 e. The lowest BCUT2D eigenvalue weighted by atomic mass is 9.90. The van der Waals surface area contributed by atoms with Crippen LogP contribution in [0, 0.1) is 0 Å². The molecule has 3 aromatic rings. The van der Waals surface area contributed by atoms with E-state index in [1.165, 1.54) is 20.8 Å². The van der Waals surface area contributed by atoms with Crippen LogP contribution in [0.1, 0.15) is 84.4 Å². The third kappa shape index (κ3) is 6.40. The van der Waals surface area contributed by atoms with Crippen molar-refractivity contribution in [2.45, 2.75) is 95.9 Å². The highest BCUT2D eigenvalue weighted by Crippen LogP contribution is 2.41. The summed E-state index contributed by atoms with van der Waals surface area (Å²) in [7, 11) is -2.84. The van der Waals surface area contributed by atoms with E-state index in [-0.39, 0.29) is 30.0 Å². The summed E-state index contributed by atoms with van der Waals surface area (Å²) in [5.74, 6) is 0.543. The number of fused-ring (bicyclic) bond motifs is 1. The summed E-state index contributed by atoms with van der Waals surface area (Å²) >= 11 is 0. The van der Waals surface area contributed by atoms with Crippen LogP contribution in [-0.4, -0.2) is 54.6 Å². The zero-order valence-corrected chi connectivity index (χ0v) is 28.6. The largest absolute Gasteiger partial charge is 0.534 e. The molecule has 2 aliphatic rings. The Labute approximate surface area is 269 Å². The second kappa shape index (κ2) is 12.6. The fraction of sp³-hybridized carbons (Fsp3) is 0.459. The van der Waals surface area contributed by atoms with Crippen molar-refractivity contribution in [3.05, 3.63) is 90.0 Å². The molecule has 5 rings (SSSR count). The van der Waals surface area contributed by atoms with E-state index in [0.717, 1.165) is 24.2 Å². The van der Waals surface area contributed by atoms with Gasteiger partial charge in [-0.05, 0) is 85.1 Å². The number of aliphatic hydroxyl groups is 1. The van der Waals surface area contributed by atoms with Gasteiger partial charge < -0.3 is 19.6 Å². The molecule has 1 fully saturated rings. The van der Waals surface area contributed by atoms with E-state index in [9.17, 15) is 14.7 Å². The van der Waals surface area contributed by atoms with Crippen molar-refractivity contribution in [3.8, 4) is 5.75 Å². The summed E-state index contributed by atoms with van der Waals surface area (Å²) in [6.45, 7) is 12.4. The van der Waals surface area contributed by atoms with Gasteiger partial charge in [0.25, 0.3) is 0 Å². The number of carbonyl (C=O) groups is 2. The van der Waals surface area contributed by atoms with Crippen molar-refractivity contribution >= 4 is 30.7 Å². The lowest BCUT2D eigenvalue weighted by Crippen LogP contribution is -2.68. The van der Waals surface area contributed by atoms with Gasteiger partial charge in [-0.25, -0.2) is 4.79 Å². The smallest absolute Gasteiger partial charge is 0.411 e. The number of nitrogens with one attached hydrogen (secondary N) is 1. The predicted molar refractivity (Wildman–Crippen MR) is 181 cm³/mol. The Morgan fingerprint density at radius 2 is 1.58 bits per heavy atom. The second-order valence-corrected chi connectivity index (χ2v) is 18.7. The van der Waals surface area contributed by atoms with Gasteiger partial charge in [-0.2, -0.15) is 0 Å². The molecular formula is C37H48N2O5Si. The first kappa shape index (κ1) is 32.8. The fourth-order valence-corrected chi connectivity index (χ4v) is 11.6. The number of rotatable bonds is 8. The molecule has 2 amide bonds. The Bertz CT molecular complexity index is 1460. The number of benzene rings is 3. The molecule has 0 saturated carbocycles. The highest BCUT2D eigenvalue weighted by molar-refractivity contribution is 7.00. The molecule has 45 heavy (non-hydrogen) atoms. The van der Waals surface area contributed by atoms with Crippen LogP contribution < -0.4 is 20.1 Å². The number of aryl methyl sites for hydroxylation is 1. The molecule has 2 atom stereocenters. The normalized spacial score (nSPS) is 20.1. The summed E-state index contributed by atoms with van der Waals surface area (Å²) in [6.07, 6.45) is 2.39. The third-order valence-electron chi connectivity index (χ3n) is 9.24. The van der Waals surface area contributed by atoms with Crippen LogP contribution in [0.2, 0.25) is 5.04 Å². The van der Waals surface area contributed by atoms with E-state index in [4.69, 9.17) is 9.16 Å². The summed E-state index contributed by atoms with van der Waals surface area (Å²) in [5, 5.41) is 15.5. The van der Waals surface area contributed by atoms with E-state index < -0.39 is 25.6 Å². The molecule has 2 unspecified atom stereocenters. The maximum absolute atomic E-state index is 14.1. The van der Waals surface area contributed by atoms with Crippen molar-refractivity contribution < 1.29 is 23.9 Å². The number of ether oxygens (including phenoxy) is 1. The number of hydrogen-bond donors (Lipinski definition) is 2. The first-order valence-electron chi connectivity index (χ1n) is 16.2. The van der Waals surface area contributed by atoms with Crippen molar-refractivity contribution in [2.75, 3.05) is 13.2 Å². The Morgan fingerprint density at radius 1 is 0.956 bits per heavy atom. The van der Waals surface area contributed by atoms with Crippen LogP contribution in [0.5, 0.6) is 5.75 Å². The van der Waals surface area contributed by atoms with E-state index in [2.05, 4.69) is 92.8 Å². The third-order valence-corrected chi connectivity index (χ3v) is 14.2. The number of hydrogen-bond acceptors (Lipinski definition) is 5. The first-order valence-corrected chi connectivity index (χ1v) is 18.1. The highest BCUT2D eigenvalue weighted by Gasteiger charge is 2.53. The van der Waals surface area contributed by atoms with Gasteiger partial charge in [-0.15, -0.1) is 0 Å². The molecule has 1 heterocycles. The number of nitrogens with zero attached hydrogens (tertiary/aromatic N) is 1. The van der Waals surface area contributed by atoms with Crippen molar-refractivity contribution in [1.82, 2.24) is 10.2 Å². The summed E-state index contributed by atoms with van der Waals surface area (Å²) in [5.41, 5.74) is 0.386. The Hall–Kier alpha value is -3.62. The minimum absolute atomic E-state index is 0.161. The molecule has 1 saturated heterocycles. The number of amides is 2. The van der Waals surface area contributed by atoms with E-state index >= 15 is 0 Å². The minimum Gasteiger partial charge on any atom is -0.534 e. The molecular weight excluding hydrogens is 581 g/mol. The molecule has 0 bridgehead atoms. The zero-order chi connectivity index (χ0) is 32.5. The fourth-order valence-electron chi connectivity index (χ4n) is 7.17. The van der Waals surface area contributed by atoms with Crippen molar-refractivity contribution in [1.29, 1.82) is 0 Å². The van der Waals surface area contributed by atoms with Crippen LogP contribution in [0.25, 0.3) is 0 Å². The number of aliphatic hydroxyl groups excluding tert-OH is 1. The van der Waals surface area contributed by atoms with Crippen molar-refractivity contribution in [3.63, 3.8) is 0 Å². The molecule has 0 aromatic heterocycles. The van der Waals surface area contributed by atoms with Crippen LogP contribution >= 0.6 is 0 Å². The molecule has 0 spiro atoms. The monoisotopic (exact) mass is 628 g/mol. The summed E-state index contributed by atoms with van der Waals surface area (Å²) in [6, 6.07) is 27.2. The maximum atomic E-state index is 14.1. The van der Waals surface area contributed by atoms with Crippen molar-refractivity contribution in [2.24, 2.45) is 0 Å². The van der Waals surface area contributed by atoms with Crippen LogP contribution in [0.15, 0.2) is 78.9 Å². The minimum atomic E-state index is -2.84. The number of carbonyl (C=O) groups excluding carboxylic acids is 2. The zero-order valence-electron chi connectivity index (χ0n) is 27.6. The average Bonchev–Trinajstić information content (AvgIpc) is 3.60. The molecule has 0 radical (unpaired) electrons. The van der Waals surface area contributed by atoms with Gasteiger partial charge >= 0.3 is 14.4 Å². The summed E-state index contributed by atoms with van der Waals surface area (Å²) in [4.78, 5) is 28.9. The average molecular weight is 629 g/mol. The van der Waals surface area contributed by atoms with Gasteiger partial charge in [0.15, 0.2) is 0 Å². The Morgan fingerprint density at radius 3 is 2.13 bits per heavy atom. The molecule has 7 nitrogen and oxygen atoms in total. The lowest BCUT2D eigenvalue weighted by Gasteiger charge is -2.43. The standard InChI is InChI=1S/C37H48N2O5Si/c1-35(2,3)43-34(42)39-24-13-22-37(39,23-25-40)33(41)38-32-21-19-27-18-20-28(26-31(27)32)44-45(36(4,5)6,29-14-9-7-10-15-29)30-16-11-8-12-17-30/h7-12,14-18,20,26,32,40H,13,19,21-25H2,1-6H3,(H,38,41). The van der Waals surface area contributed by atoms with E-state index in [0.29, 0.717) is 19.4 Å². The quantitative estimate of drug-likeness (QED) is 0.304. The Balaban J connectivity index is 1.47. The summed E-state index contributed by atoms with van der Waals surface area (Å²) < 4.78 is 13.0. The molecule has 2 N–H and O–H groups in total. The van der Waals surface area contributed by atoms with Gasteiger partial charge in [-0.3, -0.25) is 9.69 Å². The van der Waals surface area contributed by atoms with Gasteiger partial charge in [-0.1, -0.05) is 87.5 Å². The first-order chi connectivity index (χ1) is 21.3. The predicted octanol–water partition coefficient (Wildman–Crippen LogP) is 5.88. The van der Waals surface area contributed by atoms with E-state index in [1.54, 1.807) is 0 Å². The van der Waals surface area contributed by atoms with Crippen LogP contribution in [0.3, 0.4) is 0 Å². The van der Waals surface area contributed by atoms with Gasteiger partial charge in [0.1, 0.15) is 16.9 Å². The highest BCUT2D eigenvalue weighted by atomic mass is 28.4. The molecule has 240 valence electrons. The van der Waals surface area contributed by atoms with E-state index in [1.807, 2.05) is 32.9 Å². The number of likely N-dealkylation sites (tertiary alicyclic amines) is 1. The van der Waals surface area contributed by atoms with Gasteiger partial charge in [0, 0.05) is 19.6 Å². The van der Waals surface area contributed by atoms with Gasteiger partial charge in [0.2, 0.25) is 5.91 Å². The topological polar surface area (TPSA) is 88.1 Å². The molecule has 1 aliphatic heterocycles. The second-order valence-electron chi connectivity index (χ2n) is 14.4. The van der Waals surface area contributed by atoms with Gasteiger partial charge in [0.05, 0.1) is 6.04 Å². The molecule has 3 aromatic carbocycles. The Kier molecular flexibility index (Phi) is 9.20.